The monoisotopic (exact) mass is 387 g/mol. The summed E-state index contributed by atoms with van der Waals surface area (Å²) in [5.74, 6) is 1.28. The first-order valence-electron chi connectivity index (χ1n) is 10.3. The second-order valence-corrected chi connectivity index (χ2v) is 8.22. The van der Waals surface area contributed by atoms with Gasteiger partial charge in [0.05, 0.1) is 12.3 Å². The Morgan fingerprint density at radius 3 is 2.64 bits per heavy atom. The van der Waals surface area contributed by atoms with Crippen molar-refractivity contribution in [3.05, 3.63) is 24.3 Å². The molecule has 1 atom stereocenters. The van der Waals surface area contributed by atoms with Gasteiger partial charge in [-0.15, -0.1) is 0 Å². The molecule has 4 rings (SSSR count). The summed E-state index contributed by atoms with van der Waals surface area (Å²) in [6, 6.07) is 0. The van der Waals surface area contributed by atoms with Crippen molar-refractivity contribution in [1.29, 1.82) is 0 Å². The molecule has 3 heterocycles. The number of hydrogen-bond donors (Lipinski definition) is 1. The van der Waals surface area contributed by atoms with E-state index in [2.05, 4.69) is 20.2 Å². The average Bonchev–Trinajstić information content (AvgIpc) is 3.54. The van der Waals surface area contributed by atoms with Gasteiger partial charge in [-0.2, -0.15) is 0 Å². The van der Waals surface area contributed by atoms with Crippen molar-refractivity contribution in [2.24, 2.45) is 11.8 Å². The molecule has 0 unspecified atom stereocenters. The molecular formula is C20H29N5O3. The molecule has 1 aromatic rings. The number of nitrogens with one attached hydrogen (secondary N) is 1. The van der Waals surface area contributed by atoms with E-state index in [1.165, 1.54) is 38.0 Å². The number of carbonyl (C=O) groups excluding carboxylic acids is 2. The maximum Gasteiger partial charge on any atom is 0.271 e. The zero-order chi connectivity index (χ0) is 19.3. The number of hydrogen-bond acceptors (Lipinski definition) is 6. The van der Waals surface area contributed by atoms with Crippen LogP contribution in [0.3, 0.4) is 0 Å². The fourth-order valence-corrected chi connectivity index (χ4v) is 4.02. The molecule has 152 valence electrons. The highest BCUT2D eigenvalue weighted by Crippen LogP contribution is 2.31. The van der Waals surface area contributed by atoms with Crippen LogP contribution in [0.5, 0.6) is 0 Å². The van der Waals surface area contributed by atoms with Gasteiger partial charge in [-0.1, -0.05) is 0 Å². The van der Waals surface area contributed by atoms with Gasteiger partial charge in [0.15, 0.2) is 0 Å². The van der Waals surface area contributed by atoms with Crippen LogP contribution in [0.15, 0.2) is 18.6 Å². The first kappa shape index (κ1) is 19.3. The molecule has 0 radical (unpaired) electrons. The smallest absolute Gasteiger partial charge is 0.271 e. The number of ether oxygens (including phenoxy) is 1. The van der Waals surface area contributed by atoms with E-state index in [4.69, 9.17) is 4.74 Å². The Balaban J connectivity index is 1.21. The minimum absolute atomic E-state index is 0.0527. The van der Waals surface area contributed by atoms with Gasteiger partial charge in [0.25, 0.3) is 5.91 Å². The third-order valence-corrected chi connectivity index (χ3v) is 5.90. The lowest BCUT2D eigenvalue weighted by atomic mass is 9.95. The minimum Gasteiger partial charge on any atom is -0.365 e. The predicted octanol–water partition coefficient (Wildman–Crippen LogP) is 0.556. The highest BCUT2D eigenvalue weighted by atomic mass is 16.5. The fourth-order valence-electron chi connectivity index (χ4n) is 4.02. The van der Waals surface area contributed by atoms with Crippen molar-refractivity contribution in [1.82, 2.24) is 25.1 Å². The van der Waals surface area contributed by atoms with E-state index in [0.29, 0.717) is 19.0 Å². The van der Waals surface area contributed by atoms with Gasteiger partial charge in [-0.05, 0) is 50.6 Å². The third-order valence-electron chi connectivity index (χ3n) is 5.90. The average molecular weight is 387 g/mol. The van der Waals surface area contributed by atoms with E-state index in [9.17, 15) is 9.59 Å². The summed E-state index contributed by atoms with van der Waals surface area (Å²) in [5, 5.41) is 2.83. The van der Waals surface area contributed by atoms with Crippen LogP contribution in [-0.4, -0.2) is 83.6 Å². The second kappa shape index (κ2) is 8.96. The largest absolute Gasteiger partial charge is 0.365 e. The maximum atomic E-state index is 12.3. The van der Waals surface area contributed by atoms with Crippen LogP contribution in [0.25, 0.3) is 0 Å². The Kier molecular flexibility index (Phi) is 6.17. The topological polar surface area (TPSA) is 87.7 Å². The molecule has 1 aromatic heterocycles. The van der Waals surface area contributed by atoms with E-state index < -0.39 is 0 Å². The number of piperidine rings is 1. The Bertz CT molecular complexity index is 674. The molecule has 2 saturated heterocycles. The van der Waals surface area contributed by atoms with Gasteiger partial charge < -0.3 is 19.9 Å². The molecule has 3 aliphatic rings. The molecule has 2 amide bonds. The zero-order valence-electron chi connectivity index (χ0n) is 16.3. The van der Waals surface area contributed by atoms with Gasteiger partial charge in [0.2, 0.25) is 5.91 Å². The molecule has 28 heavy (non-hydrogen) atoms. The van der Waals surface area contributed by atoms with Crippen LogP contribution < -0.4 is 5.32 Å². The third kappa shape index (κ3) is 5.26. The predicted molar refractivity (Wildman–Crippen MR) is 103 cm³/mol. The van der Waals surface area contributed by atoms with Crippen LogP contribution >= 0.6 is 0 Å². The number of nitrogens with zero attached hydrogens (tertiary/aromatic N) is 4. The van der Waals surface area contributed by atoms with Crippen LogP contribution in [0.2, 0.25) is 0 Å². The van der Waals surface area contributed by atoms with Crippen molar-refractivity contribution < 1.29 is 14.3 Å². The van der Waals surface area contributed by atoms with Crippen molar-refractivity contribution in [3.8, 4) is 0 Å². The Hall–Kier alpha value is -2.06. The summed E-state index contributed by atoms with van der Waals surface area (Å²) in [6.07, 6.45) is 9.38. The maximum absolute atomic E-state index is 12.3. The molecule has 1 saturated carbocycles. The number of carbonyl (C=O) groups is 2. The van der Waals surface area contributed by atoms with Crippen LogP contribution in [0.4, 0.5) is 0 Å². The lowest BCUT2D eigenvalue weighted by Gasteiger charge is -2.38. The van der Waals surface area contributed by atoms with E-state index in [0.717, 1.165) is 38.4 Å². The van der Waals surface area contributed by atoms with Crippen molar-refractivity contribution >= 4 is 11.8 Å². The lowest BCUT2D eigenvalue weighted by Crippen LogP contribution is -2.52. The van der Waals surface area contributed by atoms with Gasteiger partial charge >= 0.3 is 0 Å². The van der Waals surface area contributed by atoms with Crippen LogP contribution in [0, 0.1) is 11.8 Å². The Labute approximate surface area is 165 Å². The number of likely N-dealkylation sites (tertiary alicyclic amines) is 1. The van der Waals surface area contributed by atoms with Crippen LogP contribution in [-0.2, 0) is 9.53 Å². The summed E-state index contributed by atoms with van der Waals surface area (Å²) in [7, 11) is 0. The fraction of sp³-hybridized carbons (Fsp3) is 0.700. The molecule has 8 nitrogen and oxygen atoms in total. The summed E-state index contributed by atoms with van der Waals surface area (Å²) in [5.41, 5.74) is 0.282. The highest BCUT2D eigenvalue weighted by Gasteiger charge is 2.31. The van der Waals surface area contributed by atoms with Crippen LogP contribution in [0.1, 0.15) is 36.2 Å². The highest BCUT2D eigenvalue weighted by molar-refractivity contribution is 5.91. The summed E-state index contributed by atoms with van der Waals surface area (Å²) < 4.78 is 5.61. The molecule has 8 heteroatoms. The molecule has 1 N–H and O–H groups in total. The molecule has 0 bridgehead atoms. The molecule has 3 fully saturated rings. The van der Waals surface area contributed by atoms with Crippen molar-refractivity contribution in [2.75, 3.05) is 45.9 Å². The van der Waals surface area contributed by atoms with Gasteiger partial charge in [0.1, 0.15) is 12.3 Å². The van der Waals surface area contributed by atoms with Gasteiger partial charge in [-0.25, -0.2) is 4.98 Å². The molecule has 0 spiro atoms. The molecule has 1 aliphatic carbocycles. The Morgan fingerprint density at radius 1 is 1.14 bits per heavy atom. The molecule has 2 aliphatic heterocycles. The lowest BCUT2D eigenvalue weighted by molar-refractivity contribution is -0.149. The Morgan fingerprint density at radius 2 is 1.93 bits per heavy atom. The molecular weight excluding hydrogens is 358 g/mol. The van der Waals surface area contributed by atoms with Gasteiger partial charge in [-0.3, -0.25) is 14.6 Å². The normalized spacial score (nSPS) is 24.4. The first-order valence-corrected chi connectivity index (χ1v) is 10.3. The van der Waals surface area contributed by atoms with E-state index in [-0.39, 0.29) is 30.2 Å². The number of morpholine rings is 1. The second-order valence-electron chi connectivity index (χ2n) is 8.22. The zero-order valence-corrected chi connectivity index (χ0v) is 16.3. The quantitative estimate of drug-likeness (QED) is 0.735. The molecule has 0 aromatic carbocycles. The van der Waals surface area contributed by atoms with E-state index >= 15 is 0 Å². The number of amides is 2. The van der Waals surface area contributed by atoms with Gasteiger partial charge in [0, 0.05) is 38.6 Å². The first-order chi connectivity index (χ1) is 13.7. The van der Waals surface area contributed by atoms with E-state index in [1.807, 2.05) is 4.90 Å². The SMILES string of the molecule is O=C(NC[C@H]1CN(CC2CCN(CC3CC3)CC2)C(=O)CO1)c1cnccn1. The number of aromatic nitrogens is 2. The summed E-state index contributed by atoms with van der Waals surface area (Å²) >= 11 is 0. The minimum atomic E-state index is -0.275. The van der Waals surface area contributed by atoms with Crippen molar-refractivity contribution in [3.63, 3.8) is 0 Å². The van der Waals surface area contributed by atoms with E-state index in [1.54, 1.807) is 0 Å². The summed E-state index contributed by atoms with van der Waals surface area (Å²) in [6.45, 7) is 5.34. The van der Waals surface area contributed by atoms with Crippen molar-refractivity contribution in [2.45, 2.75) is 31.8 Å². The summed E-state index contributed by atoms with van der Waals surface area (Å²) in [4.78, 5) is 36.8. The standard InChI is InChI=1S/C20H29N5O3/c26-19-14-28-17(9-23-20(27)18-10-21-5-6-22-18)13-25(19)12-16-3-7-24(8-4-16)11-15-1-2-15/h5-6,10,15-17H,1-4,7-9,11-14H2,(H,23,27)/t17-/m0/s1. The number of rotatable bonds is 7.